The van der Waals surface area contributed by atoms with E-state index in [0.29, 0.717) is 5.84 Å². The molecule has 4 nitrogen and oxygen atoms in total. The average Bonchev–Trinajstić information content (AvgIpc) is 2.44. The lowest BCUT2D eigenvalue weighted by Crippen LogP contribution is -2.29. The Morgan fingerprint density at radius 1 is 1.38 bits per heavy atom. The van der Waals surface area contributed by atoms with Crippen molar-refractivity contribution in [3.8, 4) is 0 Å². The SMILES string of the molecule is Cc1noc(C)c1C(C)N=C(N)C(C)(C)C. The minimum Gasteiger partial charge on any atom is -0.387 e. The van der Waals surface area contributed by atoms with Gasteiger partial charge in [0.25, 0.3) is 0 Å². The number of hydrogen-bond donors (Lipinski definition) is 1. The van der Waals surface area contributed by atoms with E-state index in [0.717, 1.165) is 17.0 Å². The van der Waals surface area contributed by atoms with Crippen LogP contribution in [0.5, 0.6) is 0 Å². The maximum Gasteiger partial charge on any atom is 0.139 e. The lowest BCUT2D eigenvalue weighted by molar-refractivity contribution is 0.391. The Balaban J connectivity index is 3.01. The summed E-state index contributed by atoms with van der Waals surface area (Å²) in [6, 6.07) is -0.00882. The Labute approximate surface area is 96.9 Å². The van der Waals surface area contributed by atoms with Crippen molar-refractivity contribution in [2.24, 2.45) is 16.1 Å². The highest BCUT2D eigenvalue weighted by Crippen LogP contribution is 2.25. The Bertz CT molecular complexity index is 379. The number of amidine groups is 1. The first kappa shape index (κ1) is 12.7. The van der Waals surface area contributed by atoms with E-state index in [2.05, 4.69) is 10.1 Å². The summed E-state index contributed by atoms with van der Waals surface area (Å²) < 4.78 is 5.12. The number of aryl methyl sites for hydroxylation is 2. The molecule has 0 aromatic carbocycles. The molecule has 1 atom stereocenters. The first-order valence-corrected chi connectivity index (χ1v) is 5.50. The van der Waals surface area contributed by atoms with Crippen LogP contribution < -0.4 is 5.73 Å². The molecule has 0 aliphatic heterocycles. The molecule has 0 saturated heterocycles. The summed E-state index contributed by atoms with van der Waals surface area (Å²) in [6.45, 7) is 12.0. The van der Waals surface area contributed by atoms with E-state index in [1.54, 1.807) is 0 Å². The van der Waals surface area contributed by atoms with Gasteiger partial charge in [-0.25, -0.2) is 0 Å². The summed E-state index contributed by atoms with van der Waals surface area (Å²) in [5.41, 5.74) is 7.77. The van der Waals surface area contributed by atoms with Gasteiger partial charge in [-0.2, -0.15) is 0 Å². The zero-order valence-corrected chi connectivity index (χ0v) is 11.0. The predicted octanol–water partition coefficient (Wildman–Crippen LogP) is 2.76. The second kappa shape index (κ2) is 4.28. The summed E-state index contributed by atoms with van der Waals surface area (Å²) in [6.07, 6.45) is 0. The molecule has 0 spiro atoms. The maximum absolute atomic E-state index is 5.96. The summed E-state index contributed by atoms with van der Waals surface area (Å²) in [5.74, 6) is 1.47. The molecule has 16 heavy (non-hydrogen) atoms. The van der Waals surface area contributed by atoms with E-state index in [1.807, 2.05) is 41.5 Å². The number of nitrogens with zero attached hydrogens (tertiary/aromatic N) is 2. The van der Waals surface area contributed by atoms with Crippen LogP contribution in [-0.2, 0) is 0 Å². The minimum absolute atomic E-state index is 0.00882. The zero-order chi connectivity index (χ0) is 12.5. The molecule has 0 fully saturated rings. The lowest BCUT2D eigenvalue weighted by atomic mass is 9.95. The number of aliphatic imine (C=N–C) groups is 1. The Morgan fingerprint density at radius 2 is 1.94 bits per heavy atom. The van der Waals surface area contributed by atoms with E-state index in [4.69, 9.17) is 10.3 Å². The van der Waals surface area contributed by atoms with Crippen molar-refractivity contribution in [2.75, 3.05) is 0 Å². The van der Waals surface area contributed by atoms with Crippen LogP contribution in [0.25, 0.3) is 0 Å². The Hall–Kier alpha value is -1.32. The van der Waals surface area contributed by atoms with Crippen molar-refractivity contribution >= 4 is 5.84 Å². The Morgan fingerprint density at radius 3 is 2.31 bits per heavy atom. The molecular formula is C12H21N3O. The molecule has 4 heteroatoms. The fourth-order valence-corrected chi connectivity index (χ4v) is 1.55. The second-order valence-corrected chi connectivity index (χ2v) is 5.18. The van der Waals surface area contributed by atoms with Crippen molar-refractivity contribution in [1.29, 1.82) is 0 Å². The van der Waals surface area contributed by atoms with Crippen LogP contribution in [0.1, 0.15) is 50.8 Å². The van der Waals surface area contributed by atoms with Crippen LogP contribution >= 0.6 is 0 Å². The Kier molecular flexibility index (Phi) is 3.41. The van der Waals surface area contributed by atoms with Gasteiger partial charge in [0.05, 0.1) is 17.6 Å². The highest BCUT2D eigenvalue weighted by molar-refractivity contribution is 5.85. The van der Waals surface area contributed by atoms with Crippen LogP contribution in [0.3, 0.4) is 0 Å². The monoisotopic (exact) mass is 223 g/mol. The van der Waals surface area contributed by atoms with Crippen LogP contribution in [0.4, 0.5) is 0 Å². The second-order valence-electron chi connectivity index (χ2n) is 5.18. The van der Waals surface area contributed by atoms with Gasteiger partial charge in [0.1, 0.15) is 5.76 Å². The standard InChI is InChI=1S/C12H21N3O/c1-7(14-11(13)12(4,5)6)10-8(2)15-16-9(10)3/h7H,1-6H3,(H2,13,14). The van der Waals surface area contributed by atoms with Gasteiger partial charge in [-0.3, -0.25) is 4.99 Å². The van der Waals surface area contributed by atoms with E-state index in [9.17, 15) is 0 Å². The zero-order valence-electron chi connectivity index (χ0n) is 11.0. The van der Waals surface area contributed by atoms with Crippen molar-refractivity contribution in [1.82, 2.24) is 5.16 Å². The van der Waals surface area contributed by atoms with Crippen LogP contribution in [0.15, 0.2) is 9.52 Å². The fourth-order valence-electron chi connectivity index (χ4n) is 1.55. The molecule has 1 aromatic heterocycles. The van der Waals surface area contributed by atoms with Gasteiger partial charge in [0, 0.05) is 11.0 Å². The number of nitrogens with two attached hydrogens (primary N) is 1. The molecule has 1 aromatic rings. The molecule has 0 bridgehead atoms. The molecule has 1 unspecified atom stereocenters. The summed E-state index contributed by atoms with van der Waals surface area (Å²) in [7, 11) is 0. The van der Waals surface area contributed by atoms with Gasteiger partial charge < -0.3 is 10.3 Å². The maximum atomic E-state index is 5.96. The quantitative estimate of drug-likeness (QED) is 0.619. The third-order valence-electron chi connectivity index (χ3n) is 2.61. The number of aromatic nitrogens is 1. The average molecular weight is 223 g/mol. The van der Waals surface area contributed by atoms with Gasteiger partial charge in [-0.05, 0) is 20.8 Å². The topological polar surface area (TPSA) is 64.4 Å². The van der Waals surface area contributed by atoms with Crippen molar-refractivity contribution < 1.29 is 4.52 Å². The first-order chi connectivity index (χ1) is 7.23. The van der Waals surface area contributed by atoms with Crippen LogP contribution in [0.2, 0.25) is 0 Å². The third kappa shape index (κ3) is 2.62. The predicted molar refractivity (Wildman–Crippen MR) is 65.5 cm³/mol. The summed E-state index contributed by atoms with van der Waals surface area (Å²) in [5, 5.41) is 3.92. The van der Waals surface area contributed by atoms with Crippen LogP contribution in [-0.4, -0.2) is 11.0 Å². The van der Waals surface area contributed by atoms with Gasteiger partial charge in [0.2, 0.25) is 0 Å². The first-order valence-electron chi connectivity index (χ1n) is 5.50. The molecule has 1 rings (SSSR count). The smallest absolute Gasteiger partial charge is 0.139 e. The lowest BCUT2D eigenvalue weighted by Gasteiger charge is -2.19. The van der Waals surface area contributed by atoms with Gasteiger partial charge >= 0.3 is 0 Å². The van der Waals surface area contributed by atoms with E-state index in [-0.39, 0.29) is 11.5 Å². The molecule has 0 amide bonds. The van der Waals surface area contributed by atoms with Crippen molar-refractivity contribution in [3.63, 3.8) is 0 Å². The molecule has 0 aliphatic carbocycles. The van der Waals surface area contributed by atoms with Crippen molar-refractivity contribution in [3.05, 3.63) is 17.0 Å². The summed E-state index contributed by atoms with van der Waals surface area (Å²) >= 11 is 0. The van der Waals surface area contributed by atoms with E-state index < -0.39 is 0 Å². The molecular weight excluding hydrogens is 202 g/mol. The van der Waals surface area contributed by atoms with E-state index in [1.165, 1.54) is 0 Å². The highest BCUT2D eigenvalue weighted by atomic mass is 16.5. The molecule has 1 heterocycles. The van der Waals surface area contributed by atoms with Gasteiger partial charge in [-0.15, -0.1) is 0 Å². The molecule has 0 saturated carbocycles. The van der Waals surface area contributed by atoms with Gasteiger partial charge in [-0.1, -0.05) is 25.9 Å². The number of hydrogen-bond acceptors (Lipinski definition) is 3. The largest absolute Gasteiger partial charge is 0.387 e. The summed E-state index contributed by atoms with van der Waals surface area (Å²) in [4.78, 5) is 4.51. The number of rotatable bonds is 2. The normalized spacial score (nSPS) is 15.2. The molecule has 2 N–H and O–H groups in total. The van der Waals surface area contributed by atoms with E-state index >= 15 is 0 Å². The van der Waals surface area contributed by atoms with Crippen molar-refractivity contribution in [2.45, 2.75) is 47.6 Å². The highest BCUT2D eigenvalue weighted by Gasteiger charge is 2.20. The molecule has 0 aliphatic rings. The molecule has 0 radical (unpaired) electrons. The molecule has 90 valence electrons. The third-order valence-corrected chi connectivity index (χ3v) is 2.61. The van der Waals surface area contributed by atoms with Crippen LogP contribution in [0, 0.1) is 19.3 Å². The fraction of sp³-hybridized carbons (Fsp3) is 0.667. The minimum atomic E-state index is -0.104. The van der Waals surface area contributed by atoms with Gasteiger partial charge in [0.15, 0.2) is 0 Å².